The zero-order valence-electron chi connectivity index (χ0n) is 14.9. The largest absolute Gasteiger partial charge is 0.506 e. The topological polar surface area (TPSA) is 103 Å². The third-order valence-electron chi connectivity index (χ3n) is 4.58. The fraction of sp³-hybridized carbons (Fsp3) is 0.0476. The van der Waals surface area contributed by atoms with Gasteiger partial charge < -0.3 is 14.6 Å². The highest BCUT2D eigenvalue weighted by atomic mass is 32.2. The standard InChI is InChI=1S/C21H15FN2O4S/c22-15-7-5-13(6-8-15)16-9-17(25)20-19(21(26)24-11-23-20)18(16)14-3-1-12(2-4-14)10-29(27)28/h1-9,11,25H,10H2,(H,27,28)(H,23,24,26). The van der Waals surface area contributed by atoms with E-state index < -0.39 is 22.5 Å². The molecular formula is C21H15FN2O4S. The van der Waals surface area contributed by atoms with Gasteiger partial charge in [0.15, 0.2) is 11.1 Å². The van der Waals surface area contributed by atoms with E-state index in [1.54, 1.807) is 36.4 Å². The maximum absolute atomic E-state index is 13.4. The summed E-state index contributed by atoms with van der Waals surface area (Å²) in [4.78, 5) is 19.3. The molecule has 3 aromatic carbocycles. The number of fused-ring (bicyclic) bond motifs is 1. The summed E-state index contributed by atoms with van der Waals surface area (Å²) >= 11 is -1.97. The monoisotopic (exact) mass is 410 g/mol. The number of nitrogens with zero attached hydrogens (tertiary/aromatic N) is 1. The molecule has 1 atom stereocenters. The van der Waals surface area contributed by atoms with E-state index >= 15 is 0 Å². The molecule has 146 valence electrons. The number of rotatable bonds is 4. The molecule has 0 fully saturated rings. The van der Waals surface area contributed by atoms with Crippen LogP contribution in [0.2, 0.25) is 0 Å². The summed E-state index contributed by atoms with van der Waals surface area (Å²) in [6.07, 6.45) is 1.21. The maximum atomic E-state index is 13.4. The minimum atomic E-state index is -1.97. The van der Waals surface area contributed by atoms with Gasteiger partial charge in [0.2, 0.25) is 0 Å². The van der Waals surface area contributed by atoms with Gasteiger partial charge in [-0.3, -0.25) is 4.79 Å². The zero-order valence-corrected chi connectivity index (χ0v) is 15.7. The number of aromatic hydroxyl groups is 1. The summed E-state index contributed by atoms with van der Waals surface area (Å²) in [7, 11) is 0. The highest BCUT2D eigenvalue weighted by molar-refractivity contribution is 7.78. The van der Waals surface area contributed by atoms with Crippen molar-refractivity contribution in [3.8, 4) is 28.0 Å². The average molecular weight is 410 g/mol. The van der Waals surface area contributed by atoms with Gasteiger partial charge in [0, 0.05) is 5.56 Å². The number of hydrogen-bond acceptors (Lipinski definition) is 4. The van der Waals surface area contributed by atoms with Crippen LogP contribution in [0, 0.1) is 5.82 Å². The van der Waals surface area contributed by atoms with Gasteiger partial charge in [0.05, 0.1) is 17.5 Å². The van der Waals surface area contributed by atoms with Crippen LogP contribution in [-0.4, -0.2) is 23.8 Å². The Labute approximate surface area is 167 Å². The number of nitrogens with one attached hydrogen (secondary N) is 1. The molecule has 0 amide bonds. The fourth-order valence-electron chi connectivity index (χ4n) is 3.30. The van der Waals surface area contributed by atoms with Crippen molar-refractivity contribution in [2.75, 3.05) is 0 Å². The number of hydrogen-bond donors (Lipinski definition) is 3. The van der Waals surface area contributed by atoms with Crippen LogP contribution in [0.3, 0.4) is 0 Å². The molecule has 0 saturated heterocycles. The van der Waals surface area contributed by atoms with Crippen molar-refractivity contribution < 1.29 is 18.3 Å². The van der Waals surface area contributed by atoms with E-state index in [9.17, 15) is 18.5 Å². The Morgan fingerprint density at radius 1 is 1.03 bits per heavy atom. The van der Waals surface area contributed by atoms with Crippen LogP contribution in [0.25, 0.3) is 33.2 Å². The lowest BCUT2D eigenvalue weighted by Crippen LogP contribution is -2.08. The number of phenols is 1. The zero-order chi connectivity index (χ0) is 20.5. The van der Waals surface area contributed by atoms with Crippen LogP contribution < -0.4 is 5.56 Å². The number of halogens is 1. The number of aromatic amines is 1. The van der Waals surface area contributed by atoms with E-state index in [2.05, 4.69) is 9.97 Å². The number of phenolic OH excluding ortho intramolecular Hbond substituents is 1. The second kappa shape index (κ2) is 7.57. The predicted molar refractivity (Wildman–Crippen MR) is 109 cm³/mol. The van der Waals surface area contributed by atoms with Crippen LogP contribution in [-0.2, 0) is 16.8 Å². The predicted octanol–water partition coefficient (Wildman–Crippen LogP) is 3.82. The van der Waals surface area contributed by atoms with Gasteiger partial charge in [-0.1, -0.05) is 36.4 Å². The molecular weight excluding hydrogens is 395 g/mol. The van der Waals surface area contributed by atoms with Crippen molar-refractivity contribution >= 4 is 22.0 Å². The van der Waals surface area contributed by atoms with E-state index in [4.69, 9.17) is 4.55 Å². The van der Waals surface area contributed by atoms with E-state index in [-0.39, 0.29) is 22.4 Å². The third kappa shape index (κ3) is 3.67. The van der Waals surface area contributed by atoms with Gasteiger partial charge >= 0.3 is 0 Å². The molecule has 0 spiro atoms. The lowest BCUT2D eigenvalue weighted by Gasteiger charge is -2.14. The van der Waals surface area contributed by atoms with Crippen molar-refractivity contribution in [3.05, 3.63) is 82.7 Å². The molecule has 29 heavy (non-hydrogen) atoms. The molecule has 8 heteroatoms. The first kappa shape index (κ1) is 19.0. The first-order chi connectivity index (χ1) is 13.9. The Hall–Kier alpha value is -3.36. The summed E-state index contributed by atoms with van der Waals surface area (Å²) in [5, 5.41) is 10.7. The quantitative estimate of drug-likeness (QED) is 0.444. The number of aromatic nitrogens is 2. The Morgan fingerprint density at radius 3 is 2.34 bits per heavy atom. The Bertz CT molecular complexity index is 1290. The molecule has 0 aliphatic carbocycles. The van der Waals surface area contributed by atoms with Crippen LogP contribution >= 0.6 is 0 Å². The molecule has 4 rings (SSSR count). The Kier molecular flexibility index (Phi) is 4.96. The first-order valence-electron chi connectivity index (χ1n) is 8.60. The highest BCUT2D eigenvalue weighted by Crippen LogP contribution is 2.40. The fourth-order valence-corrected chi connectivity index (χ4v) is 3.78. The van der Waals surface area contributed by atoms with Gasteiger partial charge in [0.25, 0.3) is 5.56 Å². The van der Waals surface area contributed by atoms with Crippen molar-refractivity contribution in [1.82, 2.24) is 9.97 Å². The minimum absolute atomic E-state index is 0.0104. The first-order valence-corrected chi connectivity index (χ1v) is 9.87. The molecule has 4 aromatic rings. The Balaban J connectivity index is 2.03. The number of H-pyrrole nitrogens is 1. The summed E-state index contributed by atoms with van der Waals surface area (Å²) < 4.78 is 33.5. The van der Waals surface area contributed by atoms with Gasteiger partial charge in [-0.25, -0.2) is 13.6 Å². The van der Waals surface area contributed by atoms with E-state index in [0.717, 1.165) is 0 Å². The normalized spacial score (nSPS) is 12.2. The minimum Gasteiger partial charge on any atom is -0.506 e. The van der Waals surface area contributed by atoms with Crippen LogP contribution in [0.15, 0.2) is 65.7 Å². The summed E-state index contributed by atoms with van der Waals surface area (Å²) in [6, 6.07) is 14.1. The summed E-state index contributed by atoms with van der Waals surface area (Å²) in [6.45, 7) is 0. The van der Waals surface area contributed by atoms with Crippen molar-refractivity contribution in [2.45, 2.75) is 5.75 Å². The molecule has 0 bridgehead atoms. The van der Waals surface area contributed by atoms with Gasteiger partial charge in [-0.15, -0.1) is 0 Å². The van der Waals surface area contributed by atoms with E-state index in [0.29, 0.717) is 27.8 Å². The molecule has 1 aromatic heterocycles. The third-order valence-corrected chi connectivity index (χ3v) is 5.16. The van der Waals surface area contributed by atoms with Crippen molar-refractivity contribution in [2.24, 2.45) is 0 Å². The second-order valence-electron chi connectivity index (χ2n) is 6.44. The molecule has 0 aliphatic heterocycles. The van der Waals surface area contributed by atoms with E-state index in [1.807, 2.05) is 0 Å². The molecule has 1 heterocycles. The van der Waals surface area contributed by atoms with Gasteiger partial charge in [0.1, 0.15) is 17.1 Å². The van der Waals surface area contributed by atoms with E-state index in [1.165, 1.54) is 24.5 Å². The lowest BCUT2D eigenvalue weighted by atomic mass is 9.90. The van der Waals surface area contributed by atoms with Crippen molar-refractivity contribution in [3.63, 3.8) is 0 Å². The number of benzene rings is 3. The second-order valence-corrected chi connectivity index (χ2v) is 7.37. The molecule has 6 nitrogen and oxygen atoms in total. The Morgan fingerprint density at radius 2 is 1.69 bits per heavy atom. The lowest BCUT2D eigenvalue weighted by molar-refractivity contribution is 0.480. The smallest absolute Gasteiger partial charge is 0.259 e. The van der Waals surface area contributed by atoms with Crippen LogP contribution in [0.5, 0.6) is 5.75 Å². The molecule has 3 N–H and O–H groups in total. The van der Waals surface area contributed by atoms with Gasteiger partial charge in [-0.05, 0) is 40.5 Å². The summed E-state index contributed by atoms with van der Waals surface area (Å²) in [5.74, 6) is -0.577. The summed E-state index contributed by atoms with van der Waals surface area (Å²) in [5.41, 5.74) is 2.71. The molecule has 0 saturated carbocycles. The highest BCUT2D eigenvalue weighted by Gasteiger charge is 2.18. The molecule has 1 unspecified atom stereocenters. The molecule has 0 aliphatic rings. The SMILES string of the molecule is O=c1[nH]cnc2c(O)cc(-c3ccc(F)cc3)c(-c3ccc(CS(=O)O)cc3)c12. The maximum Gasteiger partial charge on any atom is 0.259 e. The molecule has 0 radical (unpaired) electrons. The van der Waals surface area contributed by atoms with Crippen LogP contribution in [0.4, 0.5) is 4.39 Å². The van der Waals surface area contributed by atoms with Crippen molar-refractivity contribution in [1.29, 1.82) is 0 Å². The van der Waals surface area contributed by atoms with Crippen LogP contribution in [0.1, 0.15) is 5.56 Å². The van der Waals surface area contributed by atoms with Gasteiger partial charge in [-0.2, -0.15) is 0 Å². The average Bonchev–Trinajstić information content (AvgIpc) is 2.69.